The standard InChI is InChI=1S/C24H19ClN4S/c25-17-11-13-19(14-12-17)29-23(22(27-24(29)30)20-9-4-5-15-26-20)21-10-6-16-28(21)18-7-2-1-3-8-18/h1-16,22-23H,(H,27,30)/t22-,23+/m1/s1. The molecule has 0 radical (unpaired) electrons. The highest BCUT2D eigenvalue weighted by molar-refractivity contribution is 7.80. The van der Waals surface area contributed by atoms with E-state index in [-0.39, 0.29) is 12.1 Å². The Hall–Kier alpha value is -3.15. The van der Waals surface area contributed by atoms with Gasteiger partial charge in [-0.15, -0.1) is 0 Å². The quantitative estimate of drug-likeness (QED) is 0.421. The molecule has 0 saturated carbocycles. The summed E-state index contributed by atoms with van der Waals surface area (Å²) in [5.41, 5.74) is 4.16. The monoisotopic (exact) mass is 430 g/mol. The molecule has 6 heteroatoms. The third-order valence-electron chi connectivity index (χ3n) is 5.32. The van der Waals surface area contributed by atoms with Gasteiger partial charge in [0, 0.05) is 34.5 Å². The van der Waals surface area contributed by atoms with E-state index in [1.807, 2.05) is 66.9 Å². The molecule has 4 aromatic rings. The van der Waals surface area contributed by atoms with Gasteiger partial charge in [0.15, 0.2) is 5.11 Å². The Morgan fingerprint density at radius 2 is 1.60 bits per heavy atom. The van der Waals surface area contributed by atoms with Crippen molar-refractivity contribution in [3.63, 3.8) is 0 Å². The number of aromatic nitrogens is 2. The Labute approximate surface area is 185 Å². The molecular formula is C24H19ClN4S. The predicted octanol–water partition coefficient (Wildman–Crippen LogP) is 5.70. The summed E-state index contributed by atoms with van der Waals surface area (Å²) in [4.78, 5) is 6.77. The molecular weight excluding hydrogens is 412 g/mol. The molecule has 1 saturated heterocycles. The fraction of sp³-hybridized carbons (Fsp3) is 0.0833. The Balaban J connectivity index is 1.67. The van der Waals surface area contributed by atoms with Crippen molar-refractivity contribution >= 4 is 34.6 Å². The molecule has 1 aliphatic heterocycles. The molecule has 5 rings (SSSR count). The summed E-state index contributed by atoms with van der Waals surface area (Å²) in [5.74, 6) is 0. The Kier molecular flexibility index (Phi) is 4.99. The number of nitrogens with zero attached hydrogens (tertiary/aromatic N) is 3. The molecule has 2 aromatic carbocycles. The van der Waals surface area contributed by atoms with Crippen LogP contribution in [-0.4, -0.2) is 14.7 Å². The van der Waals surface area contributed by atoms with Crippen molar-refractivity contribution in [1.82, 2.24) is 14.9 Å². The van der Waals surface area contributed by atoms with Crippen molar-refractivity contribution in [3.8, 4) is 5.69 Å². The first kappa shape index (κ1) is 18.9. The number of para-hydroxylation sites is 1. The van der Waals surface area contributed by atoms with E-state index in [9.17, 15) is 0 Å². The number of thiocarbonyl (C=S) groups is 1. The predicted molar refractivity (Wildman–Crippen MR) is 125 cm³/mol. The van der Waals surface area contributed by atoms with E-state index in [4.69, 9.17) is 23.8 Å². The van der Waals surface area contributed by atoms with Crippen LogP contribution in [0.2, 0.25) is 5.02 Å². The first-order chi connectivity index (χ1) is 14.7. The number of rotatable bonds is 4. The van der Waals surface area contributed by atoms with Crippen molar-refractivity contribution in [2.24, 2.45) is 0 Å². The molecule has 0 unspecified atom stereocenters. The molecule has 4 nitrogen and oxygen atoms in total. The maximum absolute atomic E-state index is 6.14. The summed E-state index contributed by atoms with van der Waals surface area (Å²) < 4.78 is 2.21. The van der Waals surface area contributed by atoms with Gasteiger partial charge in [0.05, 0.1) is 11.7 Å². The lowest BCUT2D eigenvalue weighted by atomic mass is 10.0. The lowest BCUT2D eigenvalue weighted by Gasteiger charge is -2.29. The highest BCUT2D eigenvalue weighted by Crippen LogP contribution is 2.42. The Bertz CT molecular complexity index is 1160. The maximum atomic E-state index is 6.14. The van der Waals surface area contributed by atoms with Crippen LogP contribution in [0.3, 0.4) is 0 Å². The van der Waals surface area contributed by atoms with Gasteiger partial charge in [0.25, 0.3) is 0 Å². The van der Waals surface area contributed by atoms with Gasteiger partial charge in [-0.3, -0.25) is 4.98 Å². The summed E-state index contributed by atoms with van der Waals surface area (Å²) >= 11 is 11.9. The first-order valence-corrected chi connectivity index (χ1v) is 10.5. The zero-order valence-corrected chi connectivity index (χ0v) is 17.6. The Morgan fingerprint density at radius 1 is 0.833 bits per heavy atom. The van der Waals surface area contributed by atoms with Crippen LogP contribution in [0.25, 0.3) is 5.69 Å². The largest absolute Gasteiger partial charge is 0.351 e. The van der Waals surface area contributed by atoms with E-state index >= 15 is 0 Å². The van der Waals surface area contributed by atoms with E-state index in [0.717, 1.165) is 22.8 Å². The third-order valence-corrected chi connectivity index (χ3v) is 5.89. The second-order valence-corrected chi connectivity index (χ2v) is 7.93. The van der Waals surface area contributed by atoms with Crippen LogP contribution in [-0.2, 0) is 0 Å². The average molecular weight is 431 g/mol. The van der Waals surface area contributed by atoms with Crippen molar-refractivity contribution in [2.75, 3.05) is 4.90 Å². The molecule has 0 spiro atoms. The topological polar surface area (TPSA) is 33.1 Å². The minimum atomic E-state index is -0.0910. The first-order valence-electron chi connectivity index (χ1n) is 9.71. The SMILES string of the molecule is S=C1N[C@H](c2ccccn2)[C@H](c2cccn2-c2ccccc2)N1c1ccc(Cl)cc1. The number of hydrogen-bond donors (Lipinski definition) is 1. The van der Waals surface area contributed by atoms with Crippen LogP contribution in [0, 0.1) is 0 Å². The van der Waals surface area contributed by atoms with E-state index in [2.05, 4.69) is 50.2 Å². The summed E-state index contributed by atoms with van der Waals surface area (Å²) in [5, 5.41) is 4.86. The molecule has 0 amide bonds. The van der Waals surface area contributed by atoms with Crippen molar-refractivity contribution in [2.45, 2.75) is 12.1 Å². The van der Waals surface area contributed by atoms with Gasteiger partial charge in [-0.25, -0.2) is 0 Å². The van der Waals surface area contributed by atoms with Crippen LogP contribution >= 0.6 is 23.8 Å². The number of nitrogens with one attached hydrogen (secondary N) is 1. The zero-order valence-electron chi connectivity index (χ0n) is 16.0. The number of benzene rings is 2. The summed E-state index contributed by atoms with van der Waals surface area (Å²) in [6.45, 7) is 0. The zero-order chi connectivity index (χ0) is 20.5. The van der Waals surface area contributed by atoms with Gasteiger partial charge in [-0.2, -0.15) is 0 Å². The lowest BCUT2D eigenvalue weighted by Crippen LogP contribution is -2.30. The van der Waals surface area contributed by atoms with Crippen LogP contribution in [0.4, 0.5) is 5.69 Å². The van der Waals surface area contributed by atoms with Crippen molar-refractivity contribution in [1.29, 1.82) is 0 Å². The maximum Gasteiger partial charge on any atom is 0.174 e. The van der Waals surface area contributed by atoms with Gasteiger partial charge >= 0.3 is 0 Å². The second-order valence-electron chi connectivity index (χ2n) is 7.11. The van der Waals surface area contributed by atoms with Crippen LogP contribution < -0.4 is 10.2 Å². The number of halogens is 1. The highest BCUT2D eigenvalue weighted by Gasteiger charge is 2.42. The van der Waals surface area contributed by atoms with Crippen LogP contribution in [0.15, 0.2) is 97.3 Å². The lowest BCUT2D eigenvalue weighted by molar-refractivity contribution is 0.549. The van der Waals surface area contributed by atoms with Crippen LogP contribution in [0.1, 0.15) is 23.5 Å². The summed E-state index contributed by atoms with van der Waals surface area (Å²) in [6.07, 6.45) is 3.90. The fourth-order valence-corrected chi connectivity index (χ4v) is 4.47. The van der Waals surface area contributed by atoms with Gasteiger partial charge in [-0.05, 0) is 72.9 Å². The van der Waals surface area contributed by atoms with Gasteiger partial charge in [-0.1, -0.05) is 35.9 Å². The van der Waals surface area contributed by atoms with E-state index in [1.54, 1.807) is 0 Å². The second kappa shape index (κ2) is 7.94. The molecule has 148 valence electrons. The van der Waals surface area contributed by atoms with E-state index in [1.165, 1.54) is 0 Å². The summed E-state index contributed by atoms with van der Waals surface area (Å²) in [7, 11) is 0. The molecule has 1 fully saturated rings. The van der Waals surface area contributed by atoms with Crippen molar-refractivity contribution in [3.05, 3.63) is 114 Å². The molecule has 3 heterocycles. The Morgan fingerprint density at radius 3 is 2.33 bits per heavy atom. The number of anilines is 1. The van der Waals surface area contributed by atoms with E-state index in [0.29, 0.717) is 10.1 Å². The smallest absolute Gasteiger partial charge is 0.174 e. The minimum Gasteiger partial charge on any atom is -0.351 e. The molecule has 30 heavy (non-hydrogen) atoms. The van der Waals surface area contributed by atoms with Gasteiger partial charge < -0.3 is 14.8 Å². The molecule has 2 aromatic heterocycles. The molecule has 1 N–H and O–H groups in total. The summed E-state index contributed by atoms with van der Waals surface area (Å²) in [6, 6.07) is 28.1. The highest BCUT2D eigenvalue weighted by atomic mass is 35.5. The molecule has 0 aliphatic carbocycles. The number of pyridine rings is 1. The minimum absolute atomic E-state index is 0.0798. The number of hydrogen-bond acceptors (Lipinski definition) is 2. The van der Waals surface area contributed by atoms with Gasteiger partial charge in [0.2, 0.25) is 0 Å². The molecule has 1 aliphatic rings. The average Bonchev–Trinajstić information content (AvgIpc) is 3.40. The van der Waals surface area contributed by atoms with E-state index < -0.39 is 0 Å². The third kappa shape index (κ3) is 3.36. The normalized spacial score (nSPS) is 18.4. The fourth-order valence-electron chi connectivity index (χ4n) is 3.99. The van der Waals surface area contributed by atoms with Crippen LogP contribution in [0.5, 0.6) is 0 Å². The molecule has 2 atom stereocenters. The molecule has 0 bridgehead atoms. The van der Waals surface area contributed by atoms with Crippen molar-refractivity contribution < 1.29 is 0 Å². The van der Waals surface area contributed by atoms with Gasteiger partial charge in [0.1, 0.15) is 6.04 Å².